The molecule has 0 saturated carbocycles. The Labute approximate surface area is 160 Å². The number of carbonyl (C=O) groups is 2. The predicted octanol–water partition coefficient (Wildman–Crippen LogP) is 3.86. The minimum atomic E-state index is -0.844. The van der Waals surface area contributed by atoms with Gasteiger partial charge < -0.3 is 10.2 Å². The van der Waals surface area contributed by atoms with Crippen molar-refractivity contribution < 1.29 is 18.4 Å². The van der Waals surface area contributed by atoms with Crippen LogP contribution in [0.5, 0.6) is 0 Å². The molecule has 0 aromatic heterocycles. The van der Waals surface area contributed by atoms with Gasteiger partial charge >= 0.3 is 0 Å². The van der Waals surface area contributed by atoms with Gasteiger partial charge in [0, 0.05) is 19.5 Å². The molecule has 0 unspecified atom stereocenters. The van der Waals surface area contributed by atoms with Gasteiger partial charge in [-0.15, -0.1) is 0 Å². The zero-order valence-corrected chi connectivity index (χ0v) is 16.6. The van der Waals surface area contributed by atoms with Gasteiger partial charge in [-0.05, 0) is 48.3 Å². The predicted molar refractivity (Wildman–Crippen MR) is 101 cm³/mol. The fourth-order valence-electron chi connectivity index (χ4n) is 3.51. The van der Waals surface area contributed by atoms with Crippen molar-refractivity contribution >= 4 is 11.8 Å². The van der Waals surface area contributed by atoms with Crippen molar-refractivity contribution in [1.29, 1.82) is 0 Å². The topological polar surface area (TPSA) is 49.4 Å². The molecular weight excluding hydrogens is 350 g/mol. The largest absolute Gasteiger partial charge is 0.344 e. The Morgan fingerprint density at radius 3 is 2.26 bits per heavy atom. The van der Waals surface area contributed by atoms with Crippen LogP contribution >= 0.6 is 0 Å². The van der Waals surface area contributed by atoms with Crippen LogP contribution in [0.25, 0.3) is 0 Å². The zero-order chi connectivity index (χ0) is 20.1. The van der Waals surface area contributed by atoms with Crippen molar-refractivity contribution in [2.45, 2.75) is 58.9 Å². The van der Waals surface area contributed by atoms with Crippen LogP contribution < -0.4 is 5.32 Å². The molecule has 1 heterocycles. The Kier molecular flexibility index (Phi) is 7.33. The van der Waals surface area contributed by atoms with Crippen molar-refractivity contribution in [3.8, 4) is 0 Å². The van der Waals surface area contributed by atoms with E-state index in [1.165, 1.54) is 6.07 Å². The number of likely N-dealkylation sites (tertiary alicyclic amines) is 1. The second-order valence-corrected chi connectivity index (χ2v) is 8.16. The van der Waals surface area contributed by atoms with Crippen molar-refractivity contribution in [2.24, 2.45) is 11.8 Å². The standard InChI is InChI=1S/C21H30F2N2O2/c1-13(2)11-19(26)24-20(14(3)4)21(27)25-9-7-15(8-10-25)16-5-6-17(22)18(23)12-16/h5-6,12-15,20H,7-11H2,1-4H3,(H,24,26)/t20-/m1/s1. The molecule has 2 amide bonds. The number of hydrogen-bond donors (Lipinski definition) is 1. The zero-order valence-electron chi connectivity index (χ0n) is 16.6. The average Bonchev–Trinajstić information content (AvgIpc) is 2.61. The monoisotopic (exact) mass is 380 g/mol. The van der Waals surface area contributed by atoms with Crippen LogP contribution in [0.3, 0.4) is 0 Å². The van der Waals surface area contributed by atoms with Crippen molar-refractivity contribution in [3.63, 3.8) is 0 Å². The maximum absolute atomic E-state index is 13.5. The van der Waals surface area contributed by atoms with Crippen LogP contribution in [-0.2, 0) is 9.59 Å². The fourth-order valence-corrected chi connectivity index (χ4v) is 3.51. The number of benzene rings is 1. The molecule has 27 heavy (non-hydrogen) atoms. The lowest BCUT2D eigenvalue weighted by molar-refractivity contribution is -0.138. The molecule has 1 saturated heterocycles. The number of nitrogens with one attached hydrogen (secondary N) is 1. The molecule has 1 N–H and O–H groups in total. The summed E-state index contributed by atoms with van der Waals surface area (Å²) in [7, 11) is 0. The number of piperidine rings is 1. The Hall–Kier alpha value is -1.98. The number of halogens is 2. The molecule has 0 spiro atoms. The maximum atomic E-state index is 13.5. The van der Waals surface area contributed by atoms with E-state index in [9.17, 15) is 18.4 Å². The van der Waals surface area contributed by atoms with Crippen molar-refractivity contribution in [1.82, 2.24) is 10.2 Å². The molecule has 0 aliphatic carbocycles. The lowest BCUT2D eigenvalue weighted by Gasteiger charge is -2.35. The van der Waals surface area contributed by atoms with E-state index in [1.807, 2.05) is 27.7 Å². The molecule has 0 bridgehead atoms. The summed E-state index contributed by atoms with van der Waals surface area (Å²) < 4.78 is 26.6. The molecule has 1 aromatic carbocycles. The van der Waals surface area contributed by atoms with Crippen LogP contribution in [0.15, 0.2) is 18.2 Å². The van der Waals surface area contributed by atoms with Crippen LogP contribution in [0.4, 0.5) is 8.78 Å². The van der Waals surface area contributed by atoms with E-state index < -0.39 is 17.7 Å². The third-order valence-electron chi connectivity index (χ3n) is 5.06. The van der Waals surface area contributed by atoms with E-state index in [0.717, 1.165) is 11.6 Å². The summed E-state index contributed by atoms with van der Waals surface area (Å²) >= 11 is 0. The van der Waals surface area contributed by atoms with E-state index in [-0.39, 0.29) is 29.6 Å². The highest BCUT2D eigenvalue weighted by atomic mass is 19.2. The molecule has 1 aliphatic rings. The number of nitrogens with zero attached hydrogens (tertiary/aromatic N) is 1. The molecule has 2 rings (SSSR count). The van der Waals surface area contributed by atoms with Gasteiger partial charge in [0.05, 0.1) is 0 Å². The molecule has 1 atom stereocenters. The normalized spacial score (nSPS) is 16.7. The Balaban J connectivity index is 1.97. The van der Waals surface area contributed by atoms with E-state index in [0.29, 0.717) is 32.4 Å². The summed E-state index contributed by atoms with van der Waals surface area (Å²) in [5.74, 6) is -1.50. The van der Waals surface area contributed by atoms with Gasteiger partial charge in [-0.25, -0.2) is 8.78 Å². The third-order valence-corrected chi connectivity index (χ3v) is 5.06. The first kappa shape index (κ1) is 21.3. The number of carbonyl (C=O) groups excluding carboxylic acids is 2. The summed E-state index contributed by atoms with van der Waals surface area (Å²) in [5, 5.41) is 2.88. The number of amides is 2. The first-order valence-electron chi connectivity index (χ1n) is 9.72. The average molecular weight is 380 g/mol. The van der Waals surface area contributed by atoms with E-state index in [4.69, 9.17) is 0 Å². The molecule has 1 fully saturated rings. The van der Waals surface area contributed by atoms with E-state index >= 15 is 0 Å². The number of hydrogen-bond acceptors (Lipinski definition) is 2. The Bertz CT molecular complexity index is 668. The molecule has 0 radical (unpaired) electrons. The van der Waals surface area contributed by atoms with Gasteiger partial charge in [0.2, 0.25) is 11.8 Å². The summed E-state index contributed by atoms with van der Waals surface area (Å²) in [5.41, 5.74) is 0.770. The summed E-state index contributed by atoms with van der Waals surface area (Å²) in [6, 6.07) is 3.49. The summed E-state index contributed by atoms with van der Waals surface area (Å²) in [6.45, 7) is 8.87. The van der Waals surface area contributed by atoms with Gasteiger partial charge in [-0.1, -0.05) is 33.8 Å². The quantitative estimate of drug-likeness (QED) is 0.815. The third kappa shape index (κ3) is 5.75. The molecule has 1 aliphatic heterocycles. The second kappa shape index (κ2) is 9.29. The lowest BCUT2D eigenvalue weighted by atomic mass is 9.88. The van der Waals surface area contributed by atoms with Gasteiger partial charge in [-0.2, -0.15) is 0 Å². The van der Waals surface area contributed by atoms with Crippen LogP contribution in [0, 0.1) is 23.5 Å². The summed E-state index contributed by atoms with van der Waals surface area (Å²) in [6.07, 6.45) is 1.79. The maximum Gasteiger partial charge on any atom is 0.245 e. The van der Waals surface area contributed by atoms with E-state index in [2.05, 4.69) is 5.32 Å². The highest BCUT2D eigenvalue weighted by Crippen LogP contribution is 2.29. The van der Waals surface area contributed by atoms with Gasteiger partial charge in [0.25, 0.3) is 0 Å². The van der Waals surface area contributed by atoms with Gasteiger partial charge in [0.1, 0.15) is 6.04 Å². The Morgan fingerprint density at radius 1 is 1.11 bits per heavy atom. The molecule has 150 valence electrons. The first-order valence-corrected chi connectivity index (χ1v) is 9.72. The highest BCUT2D eigenvalue weighted by molar-refractivity contribution is 5.88. The van der Waals surface area contributed by atoms with Crippen LogP contribution in [0.1, 0.15) is 58.4 Å². The minimum Gasteiger partial charge on any atom is -0.344 e. The highest BCUT2D eigenvalue weighted by Gasteiger charge is 2.31. The minimum absolute atomic E-state index is 0.00229. The van der Waals surface area contributed by atoms with Gasteiger partial charge in [0.15, 0.2) is 11.6 Å². The molecule has 6 heteroatoms. The first-order chi connectivity index (χ1) is 12.7. The van der Waals surface area contributed by atoms with Gasteiger partial charge in [-0.3, -0.25) is 9.59 Å². The van der Waals surface area contributed by atoms with Crippen molar-refractivity contribution in [2.75, 3.05) is 13.1 Å². The number of rotatable bonds is 6. The van der Waals surface area contributed by atoms with E-state index in [1.54, 1.807) is 11.0 Å². The fraction of sp³-hybridized carbons (Fsp3) is 0.619. The lowest BCUT2D eigenvalue weighted by Crippen LogP contribution is -2.53. The second-order valence-electron chi connectivity index (χ2n) is 8.16. The SMILES string of the molecule is CC(C)CC(=O)N[C@@H](C(=O)N1CCC(c2ccc(F)c(F)c2)CC1)C(C)C. The molecule has 4 nitrogen and oxygen atoms in total. The van der Waals surface area contributed by atoms with Crippen LogP contribution in [-0.4, -0.2) is 35.8 Å². The summed E-state index contributed by atoms with van der Waals surface area (Å²) in [4.78, 5) is 26.8. The Morgan fingerprint density at radius 2 is 1.74 bits per heavy atom. The smallest absolute Gasteiger partial charge is 0.245 e. The molecule has 1 aromatic rings. The molecular formula is C21H30F2N2O2. The van der Waals surface area contributed by atoms with Crippen molar-refractivity contribution in [3.05, 3.63) is 35.4 Å². The van der Waals surface area contributed by atoms with Crippen LogP contribution in [0.2, 0.25) is 0 Å².